The van der Waals surface area contributed by atoms with Gasteiger partial charge in [-0.1, -0.05) is 17.7 Å². The number of hydrogen-bond donors (Lipinski definition) is 1. The van der Waals surface area contributed by atoms with E-state index in [0.29, 0.717) is 26.2 Å². The minimum Gasteiger partial charge on any atom is -0.459 e. The lowest BCUT2D eigenvalue weighted by atomic mass is 10.3. The highest BCUT2D eigenvalue weighted by Crippen LogP contribution is 2.25. The molecule has 8 heteroatoms. The SMILES string of the molecule is O=C(Nc1c(F)cccc1Cl)N1CCN(C(=O)c2ccco2)CC1. The molecule has 126 valence electrons. The van der Waals surface area contributed by atoms with Gasteiger partial charge in [-0.3, -0.25) is 4.79 Å². The minimum absolute atomic E-state index is 0.0433. The van der Waals surface area contributed by atoms with Crippen LogP contribution < -0.4 is 5.32 Å². The van der Waals surface area contributed by atoms with Crippen molar-refractivity contribution in [2.75, 3.05) is 31.5 Å². The number of nitrogens with zero attached hydrogens (tertiary/aromatic N) is 2. The van der Waals surface area contributed by atoms with Crippen molar-refractivity contribution in [1.29, 1.82) is 0 Å². The van der Waals surface area contributed by atoms with Crippen LogP contribution in [0.3, 0.4) is 0 Å². The van der Waals surface area contributed by atoms with Gasteiger partial charge in [0.1, 0.15) is 5.82 Å². The van der Waals surface area contributed by atoms with Crippen LogP contribution in [0, 0.1) is 5.82 Å². The molecule has 6 nitrogen and oxygen atoms in total. The number of rotatable bonds is 2. The van der Waals surface area contributed by atoms with E-state index in [1.165, 1.54) is 29.4 Å². The van der Waals surface area contributed by atoms with Crippen LogP contribution in [0.15, 0.2) is 41.0 Å². The molecule has 0 aliphatic carbocycles. The first-order valence-electron chi connectivity index (χ1n) is 7.39. The van der Waals surface area contributed by atoms with Crippen LogP contribution in [0.4, 0.5) is 14.9 Å². The Morgan fingerprint density at radius 2 is 1.79 bits per heavy atom. The molecule has 1 aliphatic heterocycles. The van der Waals surface area contributed by atoms with Gasteiger partial charge in [0.05, 0.1) is 17.0 Å². The normalized spacial score (nSPS) is 14.6. The Kier molecular flexibility index (Phi) is 4.71. The van der Waals surface area contributed by atoms with Crippen molar-refractivity contribution in [3.63, 3.8) is 0 Å². The van der Waals surface area contributed by atoms with Crippen molar-refractivity contribution < 1.29 is 18.4 Å². The van der Waals surface area contributed by atoms with Gasteiger partial charge in [0.15, 0.2) is 5.76 Å². The van der Waals surface area contributed by atoms with Crippen LogP contribution in [-0.4, -0.2) is 47.9 Å². The van der Waals surface area contributed by atoms with Gasteiger partial charge in [-0.15, -0.1) is 0 Å². The zero-order chi connectivity index (χ0) is 17.1. The summed E-state index contributed by atoms with van der Waals surface area (Å²) in [5.41, 5.74) is -0.0433. The van der Waals surface area contributed by atoms with Gasteiger partial charge in [-0.05, 0) is 24.3 Å². The van der Waals surface area contributed by atoms with E-state index in [0.717, 1.165) is 0 Å². The van der Waals surface area contributed by atoms with Gasteiger partial charge in [0.2, 0.25) is 0 Å². The number of urea groups is 1. The zero-order valence-corrected chi connectivity index (χ0v) is 13.4. The fourth-order valence-corrected chi connectivity index (χ4v) is 2.68. The maximum Gasteiger partial charge on any atom is 0.322 e. The zero-order valence-electron chi connectivity index (χ0n) is 12.7. The molecule has 1 aromatic carbocycles. The van der Waals surface area contributed by atoms with Gasteiger partial charge < -0.3 is 19.5 Å². The lowest BCUT2D eigenvalue weighted by molar-refractivity contribution is 0.0640. The van der Waals surface area contributed by atoms with Crippen LogP contribution in [0.2, 0.25) is 5.02 Å². The first-order chi connectivity index (χ1) is 11.6. The van der Waals surface area contributed by atoms with Crippen LogP contribution in [0.1, 0.15) is 10.6 Å². The highest BCUT2D eigenvalue weighted by atomic mass is 35.5. The molecule has 1 saturated heterocycles. The second-order valence-electron chi connectivity index (χ2n) is 5.28. The van der Waals surface area contributed by atoms with Crippen LogP contribution in [0.5, 0.6) is 0 Å². The summed E-state index contributed by atoms with van der Waals surface area (Å²) in [5.74, 6) is -0.536. The lowest BCUT2D eigenvalue weighted by Crippen LogP contribution is -2.51. The first kappa shape index (κ1) is 16.3. The quantitative estimate of drug-likeness (QED) is 0.904. The molecule has 3 rings (SSSR count). The summed E-state index contributed by atoms with van der Waals surface area (Å²) >= 11 is 5.90. The number of benzene rings is 1. The number of hydrogen-bond acceptors (Lipinski definition) is 3. The molecule has 1 aliphatic rings. The van der Waals surface area contributed by atoms with E-state index in [1.807, 2.05) is 0 Å². The molecular formula is C16H15ClFN3O3. The Balaban J connectivity index is 1.58. The highest BCUT2D eigenvalue weighted by Gasteiger charge is 2.26. The van der Waals surface area contributed by atoms with Crippen LogP contribution in [-0.2, 0) is 0 Å². The highest BCUT2D eigenvalue weighted by molar-refractivity contribution is 6.33. The molecule has 0 radical (unpaired) electrons. The lowest BCUT2D eigenvalue weighted by Gasteiger charge is -2.34. The molecule has 1 N–H and O–H groups in total. The van der Waals surface area contributed by atoms with Gasteiger partial charge in [-0.2, -0.15) is 0 Å². The summed E-state index contributed by atoms with van der Waals surface area (Å²) in [5, 5.41) is 2.61. The summed E-state index contributed by atoms with van der Waals surface area (Å²) in [7, 11) is 0. The third-order valence-corrected chi connectivity index (χ3v) is 4.10. The minimum atomic E-state index is -0.595. The van der Waals surface area contributed by atoms with E-state index in [9.17, 15) is 14.0 Å². The summed E-state index contributed by atoms with van der Waals surface area (Å²) in [6.45, 7) is 1.42. The van der Waals surface area contributed by atoms with E-state index in [1.54, 1.807) is 17.0 Å². The Morgan fingerprint density at radius 3 is 2.42 bits per heavy atom. The number of anilines is 1. The molecule has 0 unspecified atom stereocenters. The Labute approximate surface area is 142 Å². The number of carbonyl (C=O) groups is 2. The average Bonchev–Trinajstić information content (AvgIpc) is 3.12. The first-order valence-corrected chi connectivity index (χ1v) is 7.77. The molecule has 2 aromatic rings. The van der Waals surface area contributed by atoms with E-state index in [-0.39, 0.29) is 22.4 Å². The number of amides is 3. The molecule has 0 saturated carbocycles. The number of halogens is 2. The third-order valence-electron chi connectivity index (χ3n) is 3.78. The predicted molar refractivity (Wildman–Crippen MR) is 86.6 cm³/mol. The molecule has 3 amide bonds. The molecular weight excluding hydrogens is 337 g/mol. The number of furan rings is 1. The topological polar surface area (TPSA) is 65.8 Å². The molecule has 0 bridgehead atoms. The van der Waals surface area contributed by atoms with Gasteiger partial charge in [0.25, 0.3) is 5.91 Å². The van der Waals surface area contributed by atoms with Gasteiger partial charge in [0, 0.05) is 26.2 Å². The Hall–Kier alpha value is -2.54. The average molecular weight is 352 g/mol. The summed E-state index contributed by atoms with van der Waals surface area (Å²) < 4.78 is 18.8. The summed E-state index contributed by atoms with van der Waals surface area (Å²) in [6.07, 6.45) is 1.44. The number of piperazine rings is 1. The van der Waals surface area contributed by atoms with Crippen molar-refractivity contribution >= 4 is 29.2 Å². The molecule has 24 heavy (non-hydrogen) atoms. The van der Waals surface area contributed by atoms with Crippen molar-refractivity contribution in [2.24, 2.45) is 0 Å². The fourth-order valence-electron chi connectivity index (χ4n) is 2.47. The van der Waals surface area contributed by atoms with E-state index in [4.69, 9.17) is 16.0 Å². The maximum absolute atomic E-state index is 13.7. The molecule has 2 heterocycles. The number of carbonyl (C=O) groups excluding carboxylic acids is 2. The maximum atomic E-state index is 13.7. The second kappa shape index (κ2) is 6.92. The van der Waals surface area contributed by atoms with Crippen molar-refractivity contribution in [1.82, 2.24) is 9.80 Å². The van der Waals surface area contributed by atoms with E-state index in [2.05, 4.69) is 5.32 Å². The van der Waals surface area contributed by atoms with Crippen molar-refractivity contribution in [2.45, 2.75) is 0 Å². The third kappa shape index (κ3) is 3.35. The summed E-state index contributed by atoms with van der Waals surface area (Å²) in [4.78, 5) is 27.5. The van der Waals surface area contributed by atoms with Gasteiger partial charge in [-0.25, -0.2) is 9.18 Å². The molecule has 0 spiro atoms. The predicted octanol–water partition coefficient (Wildman–Crippen LogP) is 3.06. The van der Waals surface area contributed by atoms with E-state index < -0.39 is 11.8 Å². The monoisotopic (exact) mass is 351 g/mol. The fraction of sp³-hybridized carbons (Fsp3) is 0.250. The Bertz CT molecular complexity index is 723. The number of nitrogens with one attached hydrogen (secondary N) is 1. The van der Waals surface area contributed by atoms with Crippen molar-refractivity contribution in [3.05, 3.63) is 53.2 Å². The van der Waals surface area contributed by atoms with E-state index >= 15 is 0 Å². The second-order valence-corrected chi connectivity index (χ2v) is 5.69. The van der Waals surface area contributed by atoms with Crippen LogP contribution in [0.25, 0.3) is 0 Å². The molecule has 1 fully saturated rings. The smallest absolute Gasteiger partial charge is 0.322 e. The summed E-state index contributed by atoms with van der Waals surface area (Å²) in [6, 6.07) is 6.98. The number of para-hydroxylation sites is 1. The van der Waals surface area contributed by atoms with Gasteiger partial charge >= 0.3 is 6.03 Å². The van der Waals surface area contributed by atoms with Crippen LogP contribution >= 0.6 is 11.6 Å². The largest absolute Gasteiger partial charge is 0.459 e. The van der Waals surface area contributed by atoms with Crippen molar-refractivity contribution in [3.8, 4) is 0 Å². The molecule has 1 aromatic heterocycles. The Morgan fingerprint density at radius 1 is 1.08 bits per heavy atom. The standard InChI is InChI=1S/C16H15ClFN3O3/c17-11-3-1-4-12(18)14(11)19-16(23)21-8-6-20(7-9-21)15(22)13-5-2-10-24-13/h1-5,10H,6-9H2,(H,19,23). The molecule has 0 atom stereocenters.